The predicted molar refractivity (Wildman–Crippen MR) is 78.0 cm³/mol. The van der Waals surface area contributed by atoms with Gasteiger partial charge in [-0.25, -0.2) is 14.8 Å². The molecular formula is C14H22N4O2. The Hall–Kier alpha value is -1.85. The van der Waals surface area contributed by atoms with E-state index >= 15 is 0 Å². The highest BCUT2D eigenvalue weighted by Gasteiger charge is 2.20. The molecule has 0 spiro atoms. The van der Waals surface area contributed by atoms with Crippen molar-refractivity contribution in [1.82, 2.24) is 9.97 Å². The van der Waals surface area contributed by atoms with Crippen LogP contribution in [0.5, 0.6) is 0 Å². The highest BCUT2D eigenvalue weighted by atomic mass is 16.4. The summed E-state index contributed by atoms with van der Waals surface area (Å²) in [7, 11) is 0. The van der Waals surface area contributed by atoms with Crippen LogP contribution in [0, 0.1) is 5.92 Å². The number of anilines is 2. The number of hydrogen-bond acceptors (Lipinski definition) is 5. The monoisotopic (exact) mass is 278 g/mol. The summed E-state index contributed by atoms with van der Waals surface area (Å²) in [6, 6.07) is 1.22. The van der Waals surface area contributed by atoms with E-state index in [1.807, 2.05) is 19.9 Å². The molecule has 6 nitrogen and oxygen atoms in total. The van der Waals surface area contributed by atoms with Gasteiger partial charge in [0.15, 0.2) is 0 Å². The number of rotatable bonds is 6. The van der Waals surface area contributed by atoms with Gasteiger partial charge in [-0.15, -0.1) is 0 Å². The third-order valence-electron chi connectivity index (χ3n) is 3.41. The summed E-state index contributed by atoms with van der Waals surface area (Å²) < 4.78 is 0. The van der Waals surface area contributed by atoms with Gasteiger partial charge in [0.1, 0.15) is 24.0 Å². The molecule has 1 atom stereocenters. The Kier molecular flexibility index (Phi) is 4.76. The molecule has 0 radical (unpaired) electrons. The zero-order valence-corrected chi connectivity index (χ0v) is 12.0. The van der Waals surface area contributed by atoms with Gasteiger partial charge in [0.25, 0.3) is 0 Å². The van der Waals surface area contributed by atoms with Crippen molar-refractivity contribution in [3.05, 3.63) is 12.4 Å². The molecule has 0 aliphatic carbocycles. The molecular weight excluding hydrogens is 256 g/mol. The number of nitrogens with one attached hydrogen (secondary N) is 1. The van der Waals surface area contributed by atoms with Crippen LogP contribution < -0.4 is 10.2 Å². The Morgan fingerprint density at radius 1 is 1.40 bits per heavy atom. The maximum atomic E-state index is 11.3. The fourth-order valence-electron chi connectivity index (χ4n) is 2.42. The van der Waals surface area contributed by atoms with Gasteiger partial charge in [0.2, 0.25) is 0 Å². The van der Waals surface area contributed by atoms with E-state index in [9.17, 15) is 9.90 Å². The largest absolute Gasteiger partial charge is 0.480 e. The quantitative estimate of drug-likeness (QED) is 0.828. The molecule has 2 N–H and O–H groups in total. The number of carboxylic acid groups (broad SMARTS) is 1. The van der Waals surface area contributed by atoms with E-state index in [1.165, 1.54) is 19.2 Å². The van der Waals surface area contributed by atoms with Crippen LogP contribution in [0.3, 0.4) is 0 Å². The van der Waals surface area contributed by atoms with E-state index in [-0.39, 0.29) is 0 Å². The van der Waals surface area contributed by atoms with E-state index in [0.717, 1.165) is 18.9 Å². The highest BCUT2D eigenvalue weighted by molar-refractivity contribution is 5.77. The van der Waals surface area contributed by atoms with Gasteiger partial charge in [-0.2, -0.15) is 0 Å². The first-order chi connectivity index (χ1) is 9.56. The number of aromatic nitrogens is 2. The summed E-state index contributed by atoms with van der Waals surface area (Å²) in [5.41, 5.74) is 0. The summed E-state index contributed by atoms with van der Waals surface area (Å²) in [4.78, 5) is 21.9. The lowest BCUT2D eigenvalue weighted by molar-refractivity contribution is -0.138. The number of hydrogen-bond donors (Lipinski definition) is 2. The minimum atomic E-state index is -0.847. The molecule has 1 aromatic rings. The van der Waals surface area contributed by atoms with Crippen LogP contribution in [0.1, 0.15) is 33.1 Å². The van der Waals surface area contributed by atoms with Crippen LogP contribution >= 0.6 is 0 Å². The third-order valence-corrected chi connectivity index (χ3v) is 3.41. The van der Waals surface area contributed by atoms with Gasteiger partial charge in [0.05, 0.1) is 0 Å². The average Bonchev–Trinajstić information content (AvgIpc) is 2.91. The van der Waals surface area contributed by atoms with E-state index in [4.69, 9.17) is 0 Å². The maximum Gasteiger partial charge on any atom is 0.326 e. The van der Waals surface area contributed by atoms with Gasteiger partial charge < -0.3 is 15.3 Å². The van der Waals surface area contributed by atoms with Crippen molar-refractivity contribution < 1.29 is 9.90 Å². The molecule has 0 bridgehead atoms. The molecule has 20 heavy (non-hydrogen) atoms. The number of carbonyl (C=O) groups is 1. The Labute approximate surface area is 119 Å². The maximum absolute atomic E-state index is 11.3. The topological polar surface area (TPSA) is 78.3 Å². The zero-order valence-electron chi connectivity index (χ0n) is 12.0. The van der Waals surface area contributed by atoms with Gasteiger partial charge in [-0.05, 0) is 25.2 Å². The number of aliphatic carboxylic acids is 1. The molecule has 1 aliphatic rings. The van der Waals surface area contributed by atoms with Crippen LogP contribution in [-0.4, -0.2) is 40.2 Å². The SMILES string of the molecule is CC(C)CC(Nc1cc(N2CCCC2)ncn1)C(=O)O. The van der Waals surface area contributed by atoms with Gasteiger partial charge >= 0.3 is 5.97 Å². The molecule has 0 saturated carbocycles. The van der Waals surface area contributed by atoms with Crippen LogP contribution in [0.15, 0.2) is 12.4 Å². The third kappa shape index (κ3) is 3.82. The summed E-state index contributed by atoms with van der Waals surface area (Å²) in [6.45, 7) is 6.02. The van der Waals surface area contributed by atoms with Gasteiger partial charge in [-0.1, -0.05) is 13.8 Å². The predicted octanol–water partition coefficient (Wildman–Crippen LogP) is 1.99. The molecule has 2 rings (SSSR count). The van der Waals surface area contributed by atoms with E-state index in [0.29, 0.717) is 18.2 Å². The second kappa shape index (κ2) is 6.54. The number of nitrogens with zero attached hydrogens (tertiary/aromatic N) is 3. The van der Waals surface area contributed by atoms with Crippen LogP contribution in [0.2, 0.25) is 0 Å². The number of carboxylic acids is 1. The molecule has 1 saturated heterocycles. The van der Waals surface area contributed by atoms with E-state index in [1.54, 1.807) is 0 Å². The molecule has 1 fully saturated rings. The Balaban J connectivity index is 2.07. The Morgan fingerprint density at radius 2 is 2.10 bits per heavy atom. The lowest BCUT2D eigenvalue weighted by atomic mass is 10.0. The smallest absolute Gasteiger partial charge is 0.326 e. The molecule has 0 amide bonds. The van der Waals surface area contributed by atoms with Crippen molar-refractivity contribution in [2.75, 3.05) is 23.3 Å². The normalized spacial score (nSPS) is 16.4. The minimum Gasteiger partial charge on any atom is -0.480 e. The average molecular weight is 278 g/mol. The first-order valence-electron chi connectivity index (χ1n) is 7.12. The first kappa shape index (κ1) is 14.6. The molecule has 2 heterocycles. The van der Waals surface area contributed by atoms with Crippen molar-refractivity contribution in [2.24, 2.45) is 5.92 Å². The lowest BCUT2D eigenvalue weighted by Gasteiger charge is -2.19. The second-order valence-corrected chi connectivity index (χ2v) is 5.62. The van der Waals surface area contributed by atoms with Gasteiger partial charge in [0, 0.05) is 19.2 Å². The van der Waals surface area contributed by atoms with Crippen LogP contribution in [-0.2, 0) is 4.79 Å². The summed E-state index contributed by atoms with van der Waals surface area (Å²) >= 11 is 0. The molecule has 1 aliphatic heterocycles. The standard InChI is InChI=1S/C14H22N4O2/c1-10(2)7-11(14(19)20)17-12-8-13(16-9-15-12)18-5-3-4-6-18/h8-11H,3-7H2,1-2H3,(H,19,20)(H,15,16,17). The molecule has 6 heteroatoms. The Bertz CT molecular complexity index is 458. The van der Waals surface area contributed by atoms with Crippen molar-refractivity contribution in [1.29, 1.82) is 0 Å². The van der Waals surface area contributed by atoms with Gasteiger partial charge in [-0.3, -0.25) is 0 Å². The van der Waals surface area contributed by atoms with Crippen LogP contribution in [0.25, 0.3) is 0 Å². The highest BCUT2D eigenvalue weighted by Crippen LogP contribution is 2.20. The Morgan fingerprint density at radius 3 is 2.70 bits per heavy atom. The molecule has 110 valence electrons. The second-order valence-electron chi connectivity index (χ2n) is 5.62. The fraction of sp³-hybridized carbons (Fsp3) is 0.643. The lowest BCUT2D eigenvalue weighted by Crippen LogP contribution is -2.31. The van der Waals surface area contributed by atoms with E-state index < -0.39 is 12.0 Å². The van der Waals surface area contributed by atoms with Crippen LogP contribution in [0.4, 0.5) is 11.6 Å². The van der Waals surface area contributed by atoms with Crippen molar-refractivity contribution in [3.8, 4) is 0 Å². The van der Waals surface area contributed by atoms with E-state index in [2.05, 4.69) is 20.2 Å². The zero-order chi connectivity index (χ0) is 14.5. The minimum absolute atomic E-state index is 0.309. The molecule has 0 aromatic carbocycles. The van der Waals surface area contributed by atoms with Crippen molar-refractivity contribution in [3.63, 3.8) is 0 Å². The fourth-order valence-corrected chi connectivity index (χ4v) is 2.42. The molecule has 1 unspecified atom stereocenters. The summed E-state index contributed by atoms with van der Waals surface area (Å²) in [5, 5.41) is 12.2. The van der Waals surface area contributed by atoms with Crippen molar-refractivity contribution in [2.45, 2.75) is 39.2 Å². The van der Waals surface area contributed by atoms with Crippen molar-refractivity contribution >= 4 is 17.6 Å². The summed E-state index contributed by atoms with van der Waals surface area (Å²) in [6.07, 6.45) is 4.42. The summed E-state index contributed by atoms with van der Waals surface area (Å²) in [5.74, 6) is 0.909. The first-order valence-corrected chi connectivity index (χ1v) is 7.12. The molecule has 1 aromatic heterocycles.